The molecule has 13 heteroatoms. The number of nitrogens with one attached hydrogen (secondary N) is 2. The number of anilines is 1. The Morgan fingerprint density at radius 1 is 0.964 bits per heavy atom. The van der Waals surface area contributed by atoms with Gasteiger partial charge in [0.05, 0.1) is 35.2 Å². The van der Waals surface area contributed by atoms with Gasteiger partial charge < -0.3 is 15.0 Å². The minimum atomic E-state index is -5.11. The van der Waals surface area contributed by atoms with Gasteiger partial charge in [-0.05, 0) is 12.1 Å². The molecule has 1 aromatic heterocycles. The number of hydrogen-bond acceptors (Lipinski definition) is 3. The zero-order valence-corrected chi connectivity index (χ0v) is 13.6. The second kappa shape index (κ2) is 7.43. The largest absolute Gasteiger partial charge is 0.490 e. The minimum Gasteiger partial charge on any atom is -0.490 e. The summed E-state index contributed by atoms with van der Waals surface area (Å²) in [6.45, 7) is -2.81. The molecule has 0 fully saturated rings. The van der Waals surface area contributed by atoms with Crippen molar-refractivity contribution < 1.29 is 44.3 Å². The number of pyridine rings is 1. The van der Waals surface area contributed by atoms with Crippen LogP contribution in [0.3, 0.4) is 0 Å². The third-order valence-electron chi connectivity index (χ3n) is 3.38. The molecule has 0 aliphatic carbocycles. The minimum absolute atomic E-state index is 0.145. The number of hydrogen-bond donors (Lipinski definition) is 2. The molecule has 2 aromatic rings. The van der Waals surface area contributed by atoms with Gasteiger partial charge in [-0.1, -0.05) is 0 Å². The Balaban J connectivity index is 2.62. The van der Waals surface area contributed by atoms with Gasteiger partial charge in [0, 0.05) is 6.07 Å². The van der Waals surface area contributed by atoms with Crippen molar-refractivity contribution in [3.05, 3.63) is 34.1 Å². The van der Waals surface area contributed by atoms with Gasteiger partial charge in [0.1, 0.15) is 6.54 Å². The molecule has 0 saturated heterocycles. The number of aromatic amines is 1. The molecule has 28 heavy (non-hydrogen) atoms. The second-order valence-corrected chi connectivity index (χ2v) is 5.59. The average molecular weight is 422 g/mol. The van der Waals surface area contributed by atoms with Crippen molar-refractivity contribution in [1.82, 2.24) is 4.98 Å². The van der Waals surface area contributed by atoms with Crippen LogP contribution in [0.2, 0.25) is 0 Å². The summed E-state index contributed by atoms with van der Waals surface area (Å²) in [4.78, 5) is 13.5. The van der Waals surface area contributed by atoms with E-state index in [0.717, 1.165) is 12.1 Å². The Morgan fingerprint density at radius 3 is 2.14 bits per heavy atom. The van der Waals surface area contributed by atoms with Crippen molar-refractivity contribution in [2.75, 3.05) is 18.5 Å². The van der Waals surface area contributed by atoms with Crippen LogP contribution in [0.4, 0.5) is 45.2 Å². The Bertz CT molecular complexity index is 898. The molecule has 0 aliphatic heterocycles. The number of ether oxygens (including phenoxy) is 1. The first-order valence-electron chi connectivity index (χ1n) is 7.45. The number of halogens is 9. The Kier molecular flexibility index (Phi) is 5.76. The van der Waals surface area contributed by atoms with Crippen molar-refractivity contribution >= 4 is 16.6 Å². The highest BCUT2D eigenvalue weighted by atomic mass is 19.4. The van der Waals surface area contributed by atoms with E-state index in [-0.39, 0.29) is 6.07 Å². The van der Waals surface area contributed by atoms with Gasteiger partial charge in [-0.15, -0.1) is 0 Å². The van der Waals surface area contributed by atoms with Gasteiger partial charge >= 0.3 is 18.5 Å². The zero-order valence-electron chi connectivity index (χ0n) is 13.6. The number of aromatic nitrogens is 1. The molecule has 1 aromatic carbocycles. The third kappa shape index (κ3) is 5.70. The highest BCUT2D eigenvalue weighted by molar-refractivity contribution is 5.94. The first-order valence-corrected chi connectivity index (χ1v) is 7.45. The van der Waals surface area contributed by atoms with E-state index in [1.807, 2.05) is 4.98 Å². The van der Waals surface area contributed by atoms with Crippen LogP contribution < -0.4 is 15.6 Å². The van der Waals surface area contributed by atoms with E-state index in [2.05, 4.69) is 0 Å². The number of rotatable bonds is 5. The number of alkyl halides is 9. The maximum absolute atomic E-state index is 13.3. The molecule has 0 aliphatic rings. The van der Waals surface area contributed by atoms with Gasteiger partial charge in [0.15, 0.2) is 5.75 Å². The van der Waals surface area contributed by atoms with Crippen LogP contribution in [0.15, 0.2) is 23.0 Å². The van der Waals surface area contributed by atoms with Crippen molar-refractivity contribution in [1.29, 1.82) is 0 Å². The molecule has 2 rings (SSSR count). The van der Waals surface area contributed by atoms with Crippen LogP contribution in [0.1, 0.15) is 12.0 Å². The lowest BCUT2D eigenvalue weighted by molar-refractivity contribution is -0.140. The molecule has 1 heterocycles. The maximum atomic E-state index is 13.3. The van der Waals surface area contributed by atoms with Crippen molar-refractivity contribution in [3.63, 3.8) is 0 Å². The van der Waals surface area contributed by atoms with Crippen molar-refractivity contribution in [3.8, 4) is 5.75 Å². The third-order valence-corrected chi connectivity index (χ3v) is 3.38. The predicted octanol–water partition coefficient (Wildman–Crippen LogP) is 4.85. The van der Waals surface area contributed by atoms with Crippen molar-refractivity contribution in [2.24, 2.45) is 0 Å². The molecule has 0 spiro atoms. The van der Waals surface area contributed by atoms with Crippen LogP contribution >= 0.6 is 0 Å². The lowest BCUT2D eigenvalue weighted by Crippen LogP contribution is -2.22. The van der Waals surface area contributed by atoms with E-state index in [4.69, 9.17) is 4.74 Å². The van der Waals surface area contributed by atoms with E-state index >= 15 is 0 Å². The summed E-state index contributed by atoms with van der Waals surface area (Å²) in [5, 5.41) is 0.936. The van der Waals surface area contributed by atoms with E-state index in [0.29, 0.717) is 0 Å². The summed E-state index contributed by atoms with van der Waals surface area (Å²) in [7, 11) is 0. The van der Waals surface area contributed by atoms with Crippen LogP contribution in [0.5, 0.6) is 5.75 Å². The molecule has 0 atom stereocenters. The fourth-order valence-corrected chi connectivity index (χ4v) is 2.30. The lowest BCUT2D eigenvalue weighted by atomic mass is 10.1. The average Bonchev–Trinajstić information content (AvgIpc) is 2.49. The van der Waals surface area contributed by atoms with E-state index in [9.17, 15) is 44.3 Å². The fraction of sp³-hybridized carbons (Fsp3) is 0.400. The fourth-order valence-electron chi connectivity index (χ4n) is 2.30. The van der Waals surface area contributed by atoms with Gasteiger partial charge in [-0.2, -0.15) is 39.5 Å². The first-order chi connectivity index (χ1) is 12.7. The highest BCUT2D eigenvalue weighted by Gasteiger charge is 2.36. The number of H-pyrrole nitrogens is 1. The number of fused-ring (bicyclic) bond motifs is 1. The predicted molar refractivity (Wildman–Crippen MR) is 80.3 cm³/mol. The van der Waals surface area contributed by atoms with E-state index in [1.165, 1.54) is 0 Å². The van der Waals surface area contributed by atoms with Gasteiger partial charge in [0.2, 0.25) is 5.56 Å². The smallest absolute Gasteiger partial charge is 0.417 e. The van der Waals surface area contributed by atoms with Gasteiger partial charge in [-0.3, -0.25) is 4.79 Å². The molecule has 0 saturated carbocycles. The monoisotopic (exact) mass is 422 g/mol. The number of benzene rings is 1. The van der Waals surface area contributed by atoms with E-state index in [1.54, 1.807) is 5.32 Å². The normalized spacial score (nSPS) is 13.0. The molecule has 4 nitrogen and oxygen atoms in total. The summed E-state index contributed by atoms with van der Waals surface area (Å²) in [6.07, 6.45) is -16.1. The van der Waals surface area contributed by atoms with Gasteiger partial charge in [0.25, 0.3) is 0 Å². The SMILES string of the molecule is O=c1cc(C(F)(F)F)c2c(OCCC(F)(F)F)c(NCC(F)(F)F)ccc2[nH]1. The van der Waals surface area contributed by atoms with E-state index < -0.39 is 71.6 Å². The Hall–Kier alpha value is -2.60. The summed E-state index contributed by atoms with van der Waals surface area (Å²) in [5.41, 5.74) is -3.77. The summed E-state index contributed by atoms with van der Waals surface area (Å²) in [6, 6.07) is 1.90. The molecule has 0 amide bonds. The molecular weight excluding hydrogens is 411 g/mol. The quantitative estimate of drug-likeness (QED) is 0.678. The summed E-state index contributed by atoms with van der Waals surface area (Å²) in [5.74, 6) is -0.880. The zero-order chi connectivity index (χ0) is 21.3. The standard InChI is InChI=1S/C15H11F9N2O2/c16-13(17,18)3-4-28-12-9(25-6-14(19,20)21)2-1-8-11(12)7(15(22,23)24)5-10(27)26-8/h1-2,5,25H,3-4,6H2,(H,26,27). The topological polar surface area (TPSA) is 54.1 Å². The van der Waals surface area contributed by atoms with Crippen LogP contribution in [0, 0.1) is 0 Å². The second-order valence-electron chi connectivity index (χ2n) is 5.59. The van der Waals surface area contributed by atoms with Crippen LogP contribution in [-0.2, 0) is 6.18 Å². The first kappa shape index (κ1) is 21.7. The van der Waals surface area contributed by atoms with Crippen molar-refractivity contribution in [2.45, 2.75) is 24.9 Å². The van der Waals surface area contributed by atoms with Crippen LogP contribution in [0.25, 0.3) is 10.9 Å². The van der Waals surface area contributed by atoms with Gasteiger partial charge in [-0.25, -0.2) is 0 Å². The van der Waals surface area contributed by atoms with Crippen LogP contribution in [-0.4, -0.2) is 30.5 Å². The molecular formula is C15H11F9N2O2. The molecule has 2 N–H and O–H groups in total. The maximum Gasteiger partial charge on any atom is 0.417 e. The highest BCUT2D eigenvalue weighted by Crippen LogP contribution is 2.41. The molecule has 156 valence electrons. The molecule has 0 radical (unpaired) electrons. The molecule has 0 unspecified atom stereocenters. The summed E-state index contributed by atoms with van der Waals surface area (Å²) < 4.78 is 119. The summed E-state index contributed by atoms with van der Waals surface area (Å²) >= 11 is 0. The molecule has 0 bridgehead atoms. The Labute approximate surface area is 150 Å². The Morgan fingerprint density at radius 2 is 1.61 bits per heavy atom. The lowest BCUT2D eigenvalue weighted by Gasteiger charge is -2.19.